The van der Waals surface area contributed by atoms with Crippen molar-refractivity contribution >= 4 is 11.0 Å². The topological polar surface area (TPSA) is 42.2 Å². The first-order chi connectivity index (χ1) is 11.3. The van der Waals surface area contributed by atoms with Crippen molar-refractivity contribution in [3.8, 4) is 11.1 Å². The second-order valence-corrected chi connectivity index (χ2v) is 6.34. The van der Waals surface area contributed by atoms with Gasteiger partial charge in [-0.2, -0.15) is 0 Å². The number of rotatable bonds is 4. The second kappa shape index (κ2) is 6.13. The second-order valence-electron chi connectivity index (χ2n) is 6.34. The fraction of sp³-hybridized carbons (Fsp3) is 0.368. The molecular formula is C19H21N3O. The highest BCUT2D eigenvalue weighted by Gasteiger charge is 2.20. The summed E-state index contributed by atoms with van der Waals surface area (Å²) < 4.78 is 6.17. The molecule has 1 aliphatic rings. The molecule has 4 rings (SSSR count). The molecule has 0 saturated carbocycles. The number of furan rings is 1. The van der Waals surface area contributed by atoms with Crippen LogP contribution in [0.3, 0.4) is 0 Å². The number of benzene rings is 1. The lowest BCUT2D eigenvalue weighted by Crippen LogP contribution is -2.28. The van der Waals surface area contributed by atoms with Crippen molar-refractivity contribution in [1.82, 2.24) is 14.9 Å². The maximum absolute atomic E-state index is 6.17. The molecule has 4 heteroatoms. The summed E-state index contributed by atoms with van der Waals surface area (Å²) in [6, 6.07) is 9.11. The van der Waals surface area contributed by atoms with Gasteiger partial charge in [0.15, 0.2) is 0 Å². The van der Waals surface area contributed by atoms with Crippen molar-refractivity contribution in [3.05, 3.63) is 48.7 Å². The van der Waals surface area contributed by atoms with Crippen LogP contribution in [-0.4, -0.2) is 34.0 Å². The standard InChI is InChI=1S/C19H21N3O/c1-14-4-3-8-22(14)9-7-17-10-15-5-2-6-18(19(15)23-17)16-11-20-13-21-12-16/h2,5-6,10-14H,3-4,7-9H2,1H3/t14-/m1/s1. The van der Waals surface area contributed by atoms with E-state index in [1.807, 2.05) is 12.4 Å². The van der Waals surface area contributed by atoms with Gasteiger partial charge in [-0.3, -0.25) is 0 Å². The lowest BCUT2D eigenvalue weighted by molar-refractivity contribution is 0.266. The number of para-hydroxylation sites is 1. The zero-order valence-electron chi connectivity index (χ0n) is 13.4. The van der Waals surface area contributed by atoms with Crippen LogP contribution in [0.5, 0.6) is 0 Å². The number of hydrogen-bond acceptors (Lipinski definition) is 4. The van der Waals surface area contributed by atoms with Gasteiger partial charge in [0.25, 0.3) is 0 Å². The summed E-state index contributed by atoms with van der Waals surface area (Å²) in [5.74, 6) is 1.06. The quantitative estimate of drug-likeness (QED) is 0.732. The van der Waals surface area contributed by atoms with Crippen molar-refractivity contribution in [2.45, 2.75) is 32.2 Å². The minimum atomic E-state index is 0.705. The average molecular weight is 307 g/mol. The van der Waals surface area contributed by atoms with Crippen LogP contribution in [-0.2, 0) is 6.42 Å². The Morgan fingerprint density at radius 1 is 1.26 bits per heavy atom. The van der Waals surface area contributed by atoms with Gasteiger partial charge in [-0.25, -0.2) is 9.97 Å². The lowest BCUT2D eigenvalue weighted by Gasteiger charge is -2.19. The van der Waals surface area contributed by atoms with Gasteiger partial charge in [0.05, 0.1) is 0 Å². The highest BCUT2D eigenvalue weighted by molar-refractivity contribution is 5.92. The summed E-state index contributed by atoms with van der Waals surface area (Å²) in [6.07, 6.45) is 8.81. The molecule has 1 saturated heterocycles. The minimum absolute atomic E-state index is 0.705. The van der Waals surface area contributed by atoms with Crippen LogP contribution in [0.4, 0.5) is 0 Å². The Morgan fingerprint density at radius 3 is 2.91 bits per heavy atom. The van der Waals surface area contributed by atoms with Crippen LogP contribution in [0.15, 0.2) is 47.4 Å². The molecule has 0 radical (unpaired) electrons. The van der Waals surface area contributed by atoms with Crippen molar-refractivity contribution < 1.29 is 4.42 Å². The van der Waals surface area contributed by atoms with Crippen LogP contribution >= 0.6 is 0 Å². The Bertz CT molecular complexity index is 797. The summed E-state index contributed by atoms with van der Waals surface area (Å²) in [5.41, 5.74) is 2.99. The summed E-state index contributed by atoms with van der Waals surface area (Å²) >= 11 is 0. The Kier molecular flexibility index (Phi) is 3.83. The third kappa shape index (κ3) is 2.86. The first-order valence-electron chi connectivity index (χ1n) is 8.32. The number of nitrogens with zero attached hydrogens (tertiary/aromatic N) is 3. The molecule has 3 heterocycles. The van der Waals surface area contributed by atoms with Gasteiger partial charge >= 0.3 is 0 Å². The van der Waals surface area contributed by atoms with Crippen molar-refractivity contribution in [1.29, 1.82) is 0 Å². The molecular weight excluding hydrogens is 286 g/mol. The maximum atomic E-state index is 6.17. The van der Waals surface area contributed by atoms with E-state index in [1.54, 1.807) is 6.33 Å². The Labute approximate surface area is 136 Å². The summed E-state index contributed by atoms with van der Waals surface area (Å²) in [5, 5.41) is 1.15. The first kappa shape index (κ1) is 14.4. The lowest BCUT2D eigenvalue weighted by atomic mass is 10.1. The number of likely N-dealkylation sites (tertiary alicyclic amines) is 1. The summed E-state index contributed by atoms with van der Waals surface area (Å²) in [6.45, 7) is 4.61. The van der Waals surface area contributed by atoms with E-state index in [0.29, 0.717) is 6.04 Å². The fourth-order valence-electron chi connectivity index (χ4n) is 3.48. The zero-order chi connectivity index (χ0) is 15.6. The molecule has 118 valence electrons. The minimum Gasteiger partial charge on any atom is -0.460 e. The van der Waals surface area contributed by atoms with Gasteiger partial charge in [0.2, 0.25) is 0 Å². The van der Waals surface area contributed by atoms with E-state index in [9.17, 15) is 0 Å². The van der Waals surface area contributed by atoms with Gasteiger partial charge < -0.3 is 9.32 Å². The van der Waals surface area contributed by atoms with E-state index in [-0.39, 0.29) is 0 Å². The Balaban J connectivity index is 1.60. The maximum Gasteiger partial charge on any atom is 0.142 e. The molecule has 4 nitrogen and oxygen atoms in total. The fourth-order valence-corrected chi connectivity index (χ4v) is 3.48. The van der Waals surface area contributed by atoms with E-state index < -0.39 is 0 Å². The monoisotopic (exact) mass is 307 g/mol. The number of aromatic nitrogens is 2. The smallest absolute Gasteiger partial charge is 0.142 e. The highest BCUT2D eigenvalue weighted by Crippen LogP contribution is 2.30. The largest absolute Gasteiger partial charge is 0.460 e. The van der Waals surface area contributed by atoms with Crippen molar-refractivity contribution in [2.24, 2.45) is 0 Å². The normalized spacial score (nSPS) is 18.7. The molecule has 2 aromatic heterocycles. The molecule has 1 aromatic carbocycles. The molecule has 1 fully saturated rings. The van der Waals surface area contributed by atoms with Crippen LogP contribution in [0.2, 0.25) is 0 Å². The van der Waals surface area contributed by atoms with E-state index >= 15 is 0 Å². The van der Waals surface area contributed by atoms with Crippen LogP contribution in [0, 0.1) is 0 Å². The molecule has 0 aliphatic carbocycles. The molecule has 1 atom stereocenters. The van der Waals surface area contributed by atoms with Gasteiger partial charge in [0.1, 0.15) is 17.7 Å². The van der Waals surface area contributed by atoms with Crippen molar-refractivity contribution in [3.63, 3.8) is 0 Å². The third-order valence-corrected chi connectivity index (χ3v) is 4.80. The molecule has 0 amide bonds. The Morgan fingerprint density at radius 2 is 2.13 bits per heavy atom. The molecule has 0 unspecified atom stereocenters. The van der Waals surface area contributed by atoms with Crippen LogP contribution in [0.1, 0.15) is 25.5 Å². The van der Waals surface area contributed by atoms with Crippen LogP contribution < -0.4 is 0 Å². The summed E-state index contributed by atoms with van der Waals surface area (Å²) in [7, 11) is 0. The number of hydrogen-bond donors (Lipinski definition) is 0. The number of fused-ring (bicyclic) bond motifs is 1. The molecule has 0 bridgehead atoms. The molecule has 1 aliphatic heterocycles. The first-order valence-corrected chi connectivity index (χ1v) is 8.32. The molecule has 0 N–H and O–H groups in total. The Hall–Kier alpha value is -2.20. The van der Waals surface area contributed by atoms with E-state index in [4.69, 9.17) is 4.42 Å². The zero-order valence-corrected chi connectivity index (χ0v) is 13.4. The average Bonchev–Trinajstić information content (AvgIpc) is 3.19. The van der Waals surface area contributed by atoms with Gasteiger partial charge in [-0.15, -0.1) is 0 Å². The molecule has 0 spiro atoms. The van der Waals surface area contributed by atoms with Crippen molar-refractivity contribution in [2.75, 3.05) is 13.1 Å². The van der Waals surface area contributed by atoms with E-state index in [1.165, 1.54) is 19.4 Å². The third-order valence-electron chi connectivity index (χ3n) is 4.80. The van der Waals surface area contributed by atoms with Gasteiger partial charge in [0, 0.05) is 47.9 Å². The van der Waals surface area contributed by atoms with Crippen LogP contribution in [0.25, 0.3) is 22.1 Å². The molecule has 3 aromatic rings. The van der Waals surface area contributed by atoms with E-state index in [0.717, 1.165) is 40.8 Å². The highest BCUT2D eigenvalue weighted by atomic mass is 16.3. The van der Waals surface area contributed by atoms with Gasteiger partial charge in [-0.05, 0) is 32.4 Å². The predicted molar refractivity (Wildman–Crippen MR) is 91.2 cm³/mol. The predicted octanol–water partition coefficient (Wildman–Crippen LogP) is 3.92. The SMILES string of the molecule is C[C@@H]1CCCN1CCc1cc2cccc(-c3cncnc3)c2o1. The molecule has 23 heavy (non-hydrogen) atoms. The van der Waals surface area contributed by atoms with E-state index in [2.05, 4.69) is 46.1 Å². The summed E-state index contributed by atoms with van der Waals surface area (Å²) in [4.78, 5) is 10.8. The van der Waals surface area contributed by atoms with Gasteiger partial charge in [-0.1, -0.05) is 18.2 Å².